The lowest BCUT2D eigenvalue weighted by Gasteiger charge is -2.40. The number of sulfonamides is 1. The molecule has 1 heterocycles. The van der Waals surface area contributed by atoms with E-state index in [1.807, 2.05) is 19.1 Å². The van der Waals surface area contributed by atoms with Crippen LogP contribution in [0.5, 0.6) is 5.75 Å². The van der Waals surface area contributed by atoms with E-state index in [0.29, 0.717) is 62.2 Å². The van der Waals surface area contributed by atoms with E-state index in [-0.39, 0.29) is 22.9 Å². The van der Waals surface area contributed by atoms with Crippen LogP contribution in [0.4, 0.5) is 4.39 Å². The molecule has 2 aromatic carbocycles. The van der Waals surface area contributed by atoms with Gasteiger partial charge in [0.05, 0.1) is 16.5 Å². The smallest absolute Gasteiger partial charge is 0.257 e. The van der Waals surface area contributed by atoms with Crippen molar-refractivity contribution in [1.29, 1.82) is 0 Å². The third-order valence-electron chi connectivity index (χ3n) is 6.88. The first-order valence-electron chi connectivity index (χ1n) is 12.2. The number of nitrogens with zero attached hydrogens (tertiary/aromatic N) is 2. The summed E-state index contributed by atoms with van der Waals surface area (Å²) in [7, 11) is -3.87. The number of rotatable bonds is 3. The van der Waals surface area contributed by atoms with Gasteiger partial charge >= 0.3 is 0 Å². The Hall–Kier alpha value is -2.45. The van der Waals surface area contributed by atoms with E-state index in [1.54, 1.807) is 28.3 Å². The van der Waals surface area contributed by atoms with Gasteiger partial charge in [-0.1, -0.05) is 18.6 Å². The fourth-order valence-corrected chi connectivity index (χ4v) is 7.02. The quantitative estimate of drug-likeness (QED) is 0.624. The zero-order valence-corrected chi connectivity index (χ0v) is 20.7. The minimum absolute atomic E-state index is 0.0579. The van der Waals surface area contributed by atoms with Gasteiger partial charge in [0.2, 0.25) is 10.0 Å². The molecule has 1 aliphatic carbocycles. The fourth-order valence-electron chi connectivity index (χ4n) is 5.09. The normalized spacial score (nSPS) is 22.7. The van der Waals surface area contributed by atoms with Crippen molar-refractivity contribution in [2.24, 2.45) is 0 Å². The highest BCUT2D eigenvalue weighted by molar-refractivity contribution is 7.89. The maximum Gasteiger partial charge on any atom is 0.257 e. The highest BCUT2D eigenvalue weighted by Gasteiger charge is 2.40. The van der Waals surface area contributed by atoms with Gasteiger partial charge in [-0.3, -0.25) is 4.79 Å². The van der Waals surface area contributed by atoms with Crippen molar-refractivity contribution >= 4 is 15.9 Å². The molecule has 1 amide bonds. The van der Waals surface area contributed by atoms with E-state index >= 15 is 0 Å². The molecule has 2 aromatic rings. The SMILES string of the molecule is CCN1CCCCN(S(=O)(=O)c2ccc(F)cc2C)[C@@H]2CCCC[C@@H]2Oc2ccccc2C1=O. The topological polar surface area (TPSA) is 66.9 Å². The summed E-state index contributed by atoms with van der Waals surface area (Å²) in [5.41, 5.74) is 0.908. The molecule has 0 aromatic heterocycles. The summed E-state index contributed by atoms with van der Waals surface area (Å²) >= 11 is 0. The van der Waals surface area contributed by atoms with E-state index in [2.05, 4.69) is 0 Å². The van der Waals surface area contributed by atoms with Gasteiger partial charge in [-0.2, -0.15) is 4.31 Å². The number of ether oxygens (including phenoxy) is 1. The second-order valence-corrected chi connectivity index (χ2v) is 11.0. The molecule has 0 N–H and O–H groups in total. The Morgan fingerprint density at radius 1 is 1.03 bits per heavy atom. The van der Waals surface area contributed by atoms with Gasteiger partial charge in [-0.05, 0) is 81.8 Å². The molecule has 6 nitrogen and oxygen atoms in total. The van der Waals surface area contributed by atoms with Crippen molar-refractivity contribution in [3.05, 3.63) is 59.4 Å². The molecule has 1 fully saturated rings. The fraction of sp³-hybridized carbons (Fsp3) is 0.500. The number of hydrogen-bond donors (Lipinski definition) is 0. The molecule has 0 spiro atoms. The molecule has 2 aliphatic rings. The Balaban J connectivity index is 1.76. The summed E-state index contributed by atoms with van der Waals surface area (Å²) in [6.45, 7) is 5.01. The summed E-state index contributed by atoms with van der Waals surface area (Å²) in [5, 5.41) is 0. The van der Waals surface area contributed by atoms with Gasteiger partial charge in [-0.15, -0.1) is 0 Å². The molecule has 0 unspecified atom stereocenters. The second-order valence-electron chi connectivity index (χ2n) is 9.12. The average molecular weight is 489 g/mol. The Kier molecular flexibility index (Phi) is 7.57. The summed E-state index contributed by atoms with van der Waals surface area (Å²) in [6, 6.07) is 10.7. The molecular weight excluding hydrogens is 455 g/mol. The molecule has 1 aliphatic heterocycles. The molecule has 8 heteroatoms. The van der Waals surface area contributed by atoms with Crippen molar-refractivity contribution in [3.8, 4) is 5.75 Å². The van der Waals surface area contributed by atoms with Crippen molar-refractivity contribution in [1.82, 2.24) is 9.21 Å². The third kappa shape index (κ3) is 4.98. The van der Waals surface area contributed by atoms with Gasteiger partial charge in [0, 0.05) is 19.6 Å². The lowest BCUT2D eigenvalue weighted by molar-refractivity contribution is 0.0641. The van der Waals surface area contributed by atoms with Crippen LogP contribution >= 0.6 is 0 Å². The molecule has 2 atom stereocenters. The number of halogens is 1. The molecule has 34 heavy (non-hydrogen) atoms. The van der Waals surface area contributed by atoms with Crippen molar-refractivity contribution in [2.75, 3.05) is 19.6 Å². The zero-order valence-electron chi connectivity index (χ0n) is 19.9. The summed E-state index contributed by atoms with van der Waals surface area (Å²) in [4.78, 5) is 15.1. The minimum atomic E-state index is -3.87. The number of hydrogen-bond acceptors (Lipinski definition) is 4. The Labute approximate surface area is 201 Å². The van der Waals surface area contributed by atoms with Crippen LogP contribution in [0.2, 0.25) is 0 Å². The van der Waals surface area contributed by atoms with Crippen molar-refractivity contribution in [2.45, 2.75) is 69.4 Å². The standard InChI is InChI=1S/C26H33FN2O4S/c1-3-28-16-8-9-17-29(34(31,32)25-15-14-20(27)18-19(25)2)22-11-5-7-13-24(22)33-23-12-6-4-10-21(23)26(28)30/h4,6,10,12,14-15,18,22,24H,3,5,7-9,11,13,16-17H2,1-2H3/t22-,24+/m1/s1. The zero-order chi connectivity index (χ0) is 24.3. The van der Waals surface area contributed by atoms with Gasteiger partial charge in [0.25, 0.3) is 5.91 Å². The highest BCUT2D eigenvalue weighted by Crippen LogP contribution is 2.34. The summed E-state index contributed by atoms with van der Waals surface area (Å²) < 4.78 is 49.5. The molecular formula is C26H33FN2O4S. The highest BCUT2D eigenvalue weighted by atomic mass is 32.2. The summed E-state index contributed by atoms with van der Waals surface area (Å²) in [6.07, 6.45) is 4.17. The van der Waals surface area contributed by atoms with Crippen LogP contribution in [0.3, 0.4) is 0 Å². The Morgan fingerprint density at radius 3 is 2.53 bits per heavy atom. The number of carbonyl (C=O) groups excluding carboxylic acids is 1. The Bertz CT molecular complexity index is 1140. The molecule has 1 saturated carbocycles. The first kappa shape index (κ1) is 24.7. The summed E-state index contributed by atoms with van der Waals surface area (Å²) in [5.74, 6) is -0.0128. The lowest BCUT2D eigenvalue weighted by Crippen LogP contribution is -2.51. The third-order valence-corrected chi connectivity index (χ3v) is 8.97. The monoisotopic (exact) mass is 488 g/mol. The van der Waals surface area contributed by atoms with Crippen LogP contribution in [-0.2, 0) is 10.0 Å². The molecule has 0 radical (unpaired) electrons. The van der Waals surface area contributed by atoms with Crippen LogP contribution in [0, 0.1) is 12.7 Å². The number of fused-ring (bicyclic) bond motifs is 2. The number of aryl methyl sites for hydroxylation is 1. The maximum absolute atomic E-state index is 13.9. The number of benzene rings is 2. The van der Waals surface area contributed by atoms with Gasteiger partial charge in [0.1, 0.15) is 17.7 Å². The van der Waals surface area contributed by atoms with E-state index in [0.717, 1.165) is 12.8 Å². The van der Waals surface area contributed by atoms with E-state index in [4.69, 9.17) is 4.74 Å². The number of carbonyl (C=O) groups is 1. The van der Waals surface area contributed by atoms with Gasteiger partial charge < -0.3 is 9.64 Å². The molecule has 4 rings (SSSR count). The number of para-hydroxylation sites is 1. The van der Waals surface area contributed by atoms with Crippen molar-refractivity contribution in [3.63, 3.8) is 0 Å². The second kappa shape index (κ2) is 10.4. The maximum atomic E-state index is 13.9. The largest absolute Gasteiger partial charge is 0.488 e. The lowest BCUT2D eigenvalue weighted by atomic mass is 9.92. The molecule has 0 saturated heterocycles. The minimum Gasteiger partial charge on any atom is -0.488 e. The van der Waals surface area contributed by atoms with E-state index in [9.17, 15) is 17.6 Å². The van der Waals surface area contributed by atoms with Gasteiger partial charge in [0.15, 0.2) is 0 Å². The Morgan fingerprint density at radius 2 is 1.76 bits per heavy atom. The molecule has 184 valence electrons. The van der Waals surface area contributed by atoms with E-state index < -0.39 is 15.8 Å². The van der Waals surface area contributed by atoms with Gasteiger partial charge in [-0.25, -0.2) is 12.8 Å². The predicted molar refractivity (Wildman–Crippen MR) is 129 cm³/mol. The van der Waals surface area contributed by atoms with E-state index in [1.165, 1.54) is 18.2 Å². The van der Waals surface area contributed by atoms with Crippen LogP contribution in [0.15, 0.2) is 47.4 Å². The predicted octanol–water partition coefficient (Wildman–Crippen LogP) is 4.77. The first-order chi connectivity index (χ1) is 16.3. The van der Waals surface area contributed by atoms with Crippen LogP contribution in [0.25, 0.3) is 0 Å². The van der Waals surface area contributed by atoms with Crippen LogP contribution in [0.1, 0.15) is 61.4 Å². The first-order valence-corrected chi connectivity index (χ1v) is 13.6. The average Bonchev–Trinajstić information content (AvgIpc) is 2.81. The molecule has 0 bridgehead atoms. The van der Waals surface area contributed by atoms with Crippen LogP contribution in [-0.4, -0.2) is 55.3 Å². The van der Waals surface area contributed by atoms with Crippen molar-refractivity contribution < 1.29 is 22.3 Å². The number of amides is 1. The van der Waals surface area contributed by atoms with Crippen LogP contribution < -0.4 is 4.74 Å².